The lowest BCUT2D eigenvalue weighted by molar-refractivity contribution is 0.324. The second-order valence-corrected chi connectivity index (χ2v) is 20.7. The van der Waals surface area contributed by atoms with Gasteiger partial charge in [0.25, 0.3) is 0 Å². The molecule has 0 aliphatic carbocycles. The molecule has 0 radical (unpaired) electrons. The number of hydrogen-bond acceptors (Lipinski definition) is 4. The summed E-state index contributed by atoms with van der Waals surface area (Å²) in [6.45, 7) is 13.5. The van der Waals surface area contributed by atoms with Crippen LogP contribution in [0.5, 0.6) is 23.0 Å². The van der Waals surface area contributed by atoms with Gasteiger partial charge in [-0.15, -0.1) is 0 Å². The Morgan fingerprint density at radius 2 is 0.595 bits per heavy atom. The lowest BCUT2D eigenvalue weighted by Gasteiger charge is -2.42. The van der Waals surface area contributed by atoms with E-state index in [0.717, 1.165) is 47.9 Å². The summed E-state index contributed by atoms with van der Waals surface area (Å²) in [5.74, 6) is 3.42. The molecule has 0 spiro atoms. The van der Waals surface area contributed by atoms with Gasteiger partial charge in [-0.05, 0) is 61.4 Å². The van der Waals surface area contributed by atoms with E-state index in [1.807, 2.05) is 121 Å². The van der Waals surface area contributed by atoms with Crippen molar-refractivity contribution in [2.24, 2.45) is 0 Å². The molecule has 0 fully saturated rings. The van der Waals surface area contributed by atoms with E-state index >= 15 is 0 Å². The largest absolute Gasteiger partial charge is 0.512 e. The maximum absolute atomic E-state index is 6.93. The van der Waals surface area contributed by atoms with Gasteiger partial charge in [-0.25, -0.2) is 0 Å². The fourth-order valence-corrected chi connectivity index (χ4v) is 11.8. The number of para-hydroxylation sites is 4. The molecule has 0 bridgehead atoms. The third kappa shape index (κ3) is 8.08. The minimum absolute atomic E-state index is 0.182. The van der Waals surface area contributed by atoms with Crippen molar-refractivity contribution in [2.75, 3.05) is 0 Å². The second kappa shape index (κ2) is 13.7. The SMILES string of the molecule is CC(C)(C)[Si](CCCC[Si](Oc1ccccc1)(Oc1ccccc1)C(C)(C)C)(Oc1ccccc1)Oc1ccccc1. The first-order chi connectivity index (χ1) is 20.0. The molecule has 0 N–H and O–H groups in total. The van der Waals surface area contributed by atoms with E-state index in [0.29, 0.717) is 0 Å². The van der Waals surface area contributed by atoms with E-state index in [2.05, 4.69) is 41.5 Å². The quantitative estimate of drug-likeness (QED) is 0.113. The summed E-state index contributed by atoms with van der Waals surface area (Å²) in [5.41, 5.74) is 0. The molecule has 0 saturated heterocycles. The van der Waals surface area contributed by atoms with Crippen LogP contribution in [0, 0.1) is 0 Å². The minimum Gasteiger partial charge on any atom is -0.512 e. The number of hydrogen-bond donors (Lipinski definition) is 0. The molecule has 0 aromatic heterocycles. The van der Waals surface area contributed by atoms with Crippen LogP contribution in [-0.4, -0.2) is 17.1 Å². The third-order valence-corrected chi connectivity index (χ3v) is 16.5. The van der Waals surface area contributed by atoms with Crippen LogP contribution in [0.15, 0.2) is 121 Å². The Morgan fingerprint density at radius 3 is 0.786 bits per heavy atom. The molecular weight excluding hydrogens is 553 g/mol. The number of unbranched alkanes of at least 4 members (excludes halogenated alkanes) is 1. The highest BCUT2D eigenvalue weighted by atomic mass is 28.4. The summed E-state index contributed by atoms with van der Waals surface area (Å²) in [7, 11) is -5.67. The zero-order valence-electron chi connectivity index (χ0n) is 26.0. The average Bonchev–Trinajstić information content (AvgIpc) is 2.96. The molecule has 0 aliphatic heterocycles. The molecule has 0 aliphatic rings. The molecule has 6 heteroatoms. The van der Waals surface area contributed by atoms with Crippen molar-refractivity contribution >= 4 is 17.1 Å². The zero-order valence-corrected chi connectivity index (χ0v) is 28.0. The summed E-state index contributed by atoms with van der Waals surface area (Å²) in [6, 6.07) is 42.1. The predicted octanol–water partition coefficient (Wildman–Crippen LogP) is 10.6. The van der Waals surface area contributed by atoms with E-state index in [4.69, 9.17) is 17.7 Å². The van der Waals surface area contributed by atoms with Gasteiger partial charge in [0.2, 0.25) is 0 Å². The maximum Gasteiger partial charge on any atom is 0.466 e. The fraction of sp³-hybridized carbons (Fsp3) is 0.333. The Morgan fingerprint density at radius 1 is 0.381 bits per heavy atom. The monoisotopic (exact) mass is 598 g/mol. The van der Waals surface area contributed by atoms with Crippen LogP contribution in [0.2, 0.25) is 22.2 Å². The van der Waals surface area contributed by atoms with Gasteiger partial charge in [-0.2, -0.15) is 0 Å². The lowest BCUT2D eigenvalue weighted by Crippen LogP contribution is -2.57. The van der Waals surface area contributed by atoms with Gasteiger partial charge >= 0.3 is 17.1 Å². The van der Waals surface area contributed by atoms with Gasteiger partial charge < -0.3 is 17.7 Å². The molecule has 42 heavy (non-hydrogen) atoms. The summed E-state index contributed by atoms with van der Waals surface area (Å²) < 4.78 is 27.7. The Labute approximate surface area is 255 Å². The molecule has 0 amide bonds. The normalized spacial score (nSPS) is 12.4. The van der Waals surface area contributed by atoms with E-state index in [1.54, 1.807) is 0 Å². The third-order valence-electron chi connectivity index (χ3n) is 7.65. The van der Waals surface area contributed by atoms with Crippen molar-refractivity contribution in [1.82, 2.24) is 0 Å². The van der Waals surface area contributed by atoms with Gasteiger partial charge in [0, 0.05) is 22.2 Å². The predicted molar refractivity (Wildman–Crippen MR) is 178 cm³/mol. The van der Waals surface area contributed by atoms with Gasteiger partial charge in [-0.1, -0.05) is 114 Å². The smallest absolute Gasteiger partial charge is 0.466 e. The van der Waals surface area contributed by atoms with Crippen LogP contribution >= 0.6 is 0 Å². The van der Waals surface area contributed by atoms with Crippen molar-refractivity contribution in [1.29, 1.82) is 0 Å². The molecule has 4 rings (SSSR count). The van der Waals surface area contributed by atoms with Gasteiger partial charge in [-0.3, -0.25) is 0 Å². The maximum atomic E-state index is 6.93. The van der Waals surface area contributed by atoms with Crippen LogP contribution in [0.25, 0.3) is 0 Å². The number of rotatable bonds is 13. The van der Waals surface area contributed by atoms with Crippen molar-refractivity contribution in [3.8, 4) is 23.0 Å². The lowest BCUT2D eigenvalue weighted by atomic mass is 10.2. The average molecular weight is 599 g/mol. The molecule has 4 aromatic carbocycles. The first-order valence-corrected chi connectivity index (χ1v) is 19.0. The van der Waals surface area contributed by atoms with Crippen molar-refractivity contribution in [2.45, 2.75) is 76.5 Å². The van der Waals surface area contributed by atoms with E-state index in [1.165, 1.54) is 0 Å². The van der Waals surface area contributed by atoms with Crippen molar-refractivity contribution in [3.63, 3.8) is 0 Å². The van der Waals surface area contributed by atoms with Crippen LogP contribution in [0.1, 0.15) is 54.4 Å². The van der Waals surface area contributed by atoms with E-state index in [9.17, 15) is 0 Å². The minimum atomic E-state index is -2.84. The van der Waals surface area contributed by atoms with Crippen LogP contribution < -0.4 is 17.7 Å². The first-order valence-electron chi connectivity index (χ1n) is 15.0. The van der Waals surface area contributed by atoms with E-state index < -0.39 is 17.1 Å². The molecule has 4 nitrogen and oxygen atoms in total. The number of benzene rings is 4. The Balaban J connectivity index is 1.61. The topological polar surface area (TPSA) is 36.9 Å². The molecule has 0 saturated carbocycles. The van der Waals surface area contributed by atoms with E-state index in [-0.39, 0.29) is 10.1 Å². The zero-order chi connectivity index (χ0) is 30.1. The molecule has 0 atom stereocenters. The summed E-state index contributed by atoms with van der Waals surface area (Å²) in [5, 5.41) is -0.364. The van der Waals surface area contributed by atoms with Crippen molar-refractivity contribution < 1.29 is 17.7 Å². The van der Waals surface area contributed by atoms with Gasteiger partial charge in [0.15, 0.2) is 0 Å². The standard InChI is InChI=1S/C36H46O4Si2/c1-35(2,3)41(37-31-21-11-7-12-22-31,38-32-23-13-8-14-24-32)29-19-20-30-42(36(4,5)6,39-33-25-15-9-16-26-33)40-34-27-17-10-18-28-34/h7-18,21-28H,19-20,29-30H2,1-6H3. The molecule has 4 aromatic rings. The molecule has 0 unspecified atom stereocenters. The Bertz CT molecular complexity index is 1150. The highest BCUT2D eigenvalue weighted by molar-refractivity contribution is 6.72. The Kier molecular flexibility index (Phi) is 10.2. The van der Waals surface area contributed by atoms with Crippen LogP contribution in [0.3, 0.4) is 0 Å². The molecule has 0 heterocycles. The highest BCUT2D eigenvalue weighted by Crippen LogP contribution is 2.45. The first kappa shape index (κ1) is 31.4. The van der Waals surface area contributed by atoms with Crippen LogP contribution in [-0.2, 0) is 0 Å². The second-order valence-electron chi connectivity index (χ2n) is 12.9. The van der Waals surface area contributed by atoms with Crippen LogP contribution in [0.4, 0.5) is 0 Å². The summed E-state index contributed by atoms with van der Waals surface area (Å²) in [6.07, 6.45) is 1.87. The van der Waals surface area contributed by atoms with Gasteiger partial charge in [0.05, 0.1) is 0 Å². The fourth-order valence-electron chi connectivity index (χ4n) is 5.04. The summed E-state index contributed by atoms with van der Waals surface area (Å²) in [4.78, 5) is 0. The highest BCUT2D eigenvalue weighted by Gasteiger charge is 2.55. The Hall–Kier alpha value is -3.49. The molecule has 222 valence electrons. The molecular formula is C36H46O4Si2. The summed E-state index contributed by atoms with van der Waals surface area (Å²) >= 11 is 0. The van der Waals surface area contributed by atoms with Crippen molar-refractivity contribution in [3.05, 3.63) is 121 Å². The van der Waals surface area contributed by atoms with Gasteiger partial charge in [0.1, 0.15) is 23.0 Å².